The van der Waals surface area contributed by atoms with Crippen LogP contribution in [0.1, 0.15) is 22.5 Å². The highest BCUT2D eigenvalue weighted by molar-refractivity contribution is 6.31. The minimum Gasteiger partial charge on any atom is -0.346 e. The van der Waals surface area contributed by atoms with Crippen molar-refractivity contribution in [3.05, 3.63) is 88.2 Å². The van der Waals surface area contributed by atoms with Gasteiger partial charge in [0.15, 0.2) is 11.6 Å². The summed E-state index contributed by atoms with van der Waals surface area (Å²) in [6.07, 6.45) is 8.83. The molecule has 3 aromatic heterocycles. The lowest BCUT2D eigenvalue weighted by molar-refractivity contribution is 0.507. The van der Waals surface area contributed by atoms with Crippen LogP contribution in [0.4, 0.5) is 8.78 Å². The Kier molecular flexibility index (Phi) is 4.81. The van der Waals surface area contributed by atoms with Crippen molar-refractivity contribution >= 4 is 22.6 Å². The third-order valence-electron chi connectivity index (χ3n) is 4.36. The predicted octanol–water partition coefficient (Wildman–Crippen LogP) is 4.66. The number of hydrogen-bond acceptors (Lipinski definition) is 3. The maximum Gasteiger partial charge on any atom is 0.159 e. The second-order valence-electron chi connectivity index (χ2n) is 6.30. The van der Waals surface area contributed by atoms with E-state index in [0.717, 1.165) is 28.2 Å². The summed E-state index contributed by atoms with van der Waals surface area (Å²) in [6.45, 7) is 0. The predicted molar refractivity (Wildman–Crippen MR) is 99.7 cm³/mol. The molecule has 0 fully saturated rings. The Morgan fingerprint density at radius 3 is 2.48 bits per heavy atom. The number of halogens is 3. The van der Waals surface area contributed by atoms with Crippen molar-refractivity contribution in [2.75, 3.05) is 0 Å². The van der Waals surface area contributed by atoms with E-state index in [1.807, 2.05) is 12.3 Å². The van der Waals surface area contributed by atoms with Gasteiger partial charge in [-0.1, -0.05) is 17.7 Å². The van der Waals surface area contributed by atoms with Gasteiger partial charge in [0.25, 0.3) is 0 Å². The van der Waals surface area contributed by atoms with Crippen LogP contribution in [0.5, 0.6) is 0 Å². The van der Waals surface area contributed by atoms with Gasteiger partial charge in [-0.3, -0.25) is 0 Å². The zero-order chi connectivity index (χ0) is 18.8. The SMILES string of the molecule is Fc1ccc(CCc2ncc(Cc3c[nH]c4ncc(Cl)cc34)cn2)cc1F. The van der Waals surface area contributed by atoms with E-state index in [0.29, 0.717) is 35.7 Å². The Morgan fingerprint density at radius 1 is 0.889 bits per heavy atom. The summed E-state index contributed by atoms with van der Waals surface area (Å²) in [4.78, 5) is 16.1. The van der Waals surface area contributed by atoms with Crippen molar-refractivity contribution in [2.45, 2.75) is 19.3 Å². The number of rotatable bonds is 5. The van der Waals surface area contributed by atoms with Gasteiger partial charge in [0.05, 0.1) is 5.02 Å². The van der Waals surface area contributed by atoms with E-state index >= 15 is 0 Å². The van der Waals surface area contributed by atoms with E-state index in [2.05, 4.69) is 19.9 Å². The molecule has 3 heterocycles. The van der Waals surface area contributed by atoms with Gasteiger partial charge in [-0.05, 0) is 41.3 Å². The standard InChI is InChI=1S/C20H15ClF2N4/c21-15-7-16-14(10-26-20(16)27-11-15)5-13-8-24-19(25-9-13)4-2-12-1-3-17(22)18(23)6-12/h1,3,6-11H,2,4-5H2,(H,26,27). The van der Waals surface area contributed by atoms with Crippen LogP contribution in [0.2, 0.25) is 5.02 Å². The lowest BCUT2D eigenvalue weighted by Crippen LogP contribution is -2.00. The Morgan fingerprint density at radius 2 is 1.70 bits per heavy atom. The van der Waals surface area contributed by atoms with Crippen LogP contribution in [0.15, 0.2) is 49.1 Å². The third-order valence-corrected chi connectivity index (χ3v) is 4.56. The minimum absolute atomic E-state index is 0.545. The average molecular weight is 385 g/mol. The van der Waals surface area contributed by atoms with Crippen LogP contribution in [0.3, 0.4) is 0 Å². The Hall–Kier alpha value is -2.86. The van der Waals surface area contributed by atoms with Gasteiger partial charge in [0, 0.05) is 43.0 Å². The Labute approximate surface area is 159 Å². The summed E-state index contributed by atoms with van der Waals surface area (Å²) in [5.41, 5.74) is 3.54. The van der Waals surface area contributed by atoms with Crippen molar-refractivity contribution in [3.63, 3.8) is 0 Å². The van der Waals surface area contributed by atoms with Gasteiger partial charge in [0.1, 0.15) is 11.5 Å². The molecule has 0 unspecified atom stereocenters. The van der Waals surface area contributed by atoms with Crippen LogP contribution < -0.4 is 0 Å². The molecule has 0 amide bonds. The average Bonchev–Trinajstić information content (AvgIpc) is 3.06. The smallest absolute Gasteiger partial charge is 0.159 e. The number of nitrogens with zero attached hydrogens (tertiary/aromatic N) is 3. The molecular weight excluding hydrogens is 370 g/mol. The molecule has 0 atom stereocenters. The maximum atomic E-state index is 13.3. The normalized spacial score (nSPS) is 11.2. The van der Waals surface area contributed by atoms with Crippen molar-refractivity contribution in [1.29, 1.82) is 0 Å². The second kappa shape index (κ2) is 7.40. The van der Waals surface area contributed by atoms with E-state index in [-0.39, 0.29) is 0 Å². The molecule has 0 bridgehead atoms. The molecule has 27 heavy (non-hydrogen) atoms. The van der Waals surface area contributed by atoms with Crippen LogP contribution >= 0.6 is 11.6 Å². The fourth-order valence-electron chi connectivity index (χ4n) is 2.95. The molecule has 0 aliphatic heterocycles. The number of aromatic nitrogens is 4. The maximum absolute atomic E-state index is 13.3. The van der Waals surface area contributed by atoms with Crippen molar-refractivity contribution < 1.29 is 8.78 Å². The highest BCUT2D eigenvalue weighted by atomic mass is 35.5. The fraction of sp³-hybridized carbons (Fsp3) is 0.150. The number of nitrogens with one attached hydrogen (secondary N) is 1. The molecule has 1 aromatic carbocycles. The first-order chi connectivity index (χ1) is 13.1. The summed E-state index contributed by atoms with van der Waals surface area (Å²) in [5.74, 6) is -1.02. The molecule has 1 N–H and O–H groups in total. The lowest BCUT2D eigenvalue weighted by Gasteiger charge is -2.04. The zero-order valence-corrected chi connectivity index (χ0v) is 15.0. The molecule has 0 saturated heterocycles. The van der Waals surface area contributed by atoms with Gasteiger partial charge in [0.2, 0.25) is 0 Å². The Balaban J connectivity index is 1.44. The number of fused-ring (bicyclic) bond motifs is 1. The summed E-state index contributed by atoms with van der Waals surface area (Å²) in [5, 5.41) is 1.57. The van der Waals surface area contributed by atoms with Crippen LogP contribution in [0.25, 0.3) is 11.0 Å². The summed E-state index contributed by atoms with van der Waals surface area (Å²) >= 11 is 6.03. The molecule has 0 spiro atoms. The van der Waals surface area contributed by atoms with Crippen LogP contribution in [-0.4, -0.2) is 19.9 Å². The highest BCUT2D eigenvalue weighted by Gasteiger charge is 2.08. The summed E-state index contributed by atoms with van der Waals surface area (Å²) in [6, 6.07) is 5.80. The van der Waals surface area contributed by atoms with E-state index in [1.165, 1.54) is 6.07 Å². The van der Waals surface area contributed by atoms with E-state index in [4.69, 9.17) is 11.6 Å². The van der Waals surface area contributed by atoms with Gasteiger partial charge < -0.3 is 4.98 Å². The van der Waals surface area contributed by atoms with E-state index < -0.39 is 11.6 Å². The number of aromatic amines is 1. The topological polar surface area (TPSA) is 54.5 Å². The molecular formula is C20H15ClF2N4. The number of H-pyrrole nitrogens is 1. The third kappa shape index (κ3) is 3.95. The quantitative estimate of drug-likeness (QED) is 0.544. The van der Waals surface area contributed by atoms with Crippen molar-refractivity contribution in [1.82, 2.24) is 19.9 Å². The number of aryl methyl sites for hydroxylation is 2. The van der Waals surface area contributed by atoms with Gasteiger partial charge >= 0.3 is 0 Å². The molecule has 0 saturated carbocycles. The van der Waals surface area contributed by atoms with E-state index in [1.54, 1.807) is 24.7 Å². The highest BCUT2D eigenvalue weighted by Crippen LogP contribution is 2.22. The Bertz CT molecular complexity index is 1090. The molecule has 0 aliphatic rings. The first kappa shape index (κ1) is 17.5. The largest absolute Gasteiger partial charge is 0.346 e. The molecule has 4 rings (SSSR count). The van der Waals surface area contributed by atoms with Crippen LogP contribution in [-0.2, 0) is 19.3 Å². The number of pyridine rings is 1. The second-order valence-corrected chi connectivity index (χ2v) is 6.73. The molecule has 7 heteroatoms. The van der Waals surface area contributed by atoms with Crippen molar-refractivity contribution in [3.8, 4) is 0 Å². The van der Waals surface area contributed by atoms with E-state index in [9.17, 15) is 8.78 Å². The zero-order valence-electron chi connectivity index (χ0n) is 14.2. The molecule has 0 radical (unpaired) electrons. The summed E-state index contributed by atoms with van der Waals surface area (Å²) in [7, 11) is 0. The van der Waals surface area contributed by atoms with Crippen LogP contribution in [0, 0.1) is 11.6 Å². The van der Waals surface area contributed by atoms with Crippen molar-refractivity contribution in [2.24, 2.45) is 0 Å². The number of hydrogen-bond donors (Lipinski definition) is 1. The van der Waals surface area contributed by atoms with Gasteiger partial charge in [-0.15, -0.1) is 0 Å². The van der Waals surface area contributed by atoms with Gasteiger partial charge in [-0.2, -0.15) is 0 Å². The number of benzene rings is 1. The molecule has 0 aliphatic carbocycles. The lowest BCUT2D eigenvalue weighted by atomic mass is 10.1. The fourth-order valence-corrected chi connectivity index (χ4v) is 3.11. The molecule has 4 nitrogen and oxygen atoms in total. The summed E-state index contributed by atoms with van der Waals surface area (Å²) < 4.78 is 26.2. The monoisotopic (exact) mass is 384 g/mol. The first-order valence-electron chi connectivity index (χ1n) is 8.44. The van der Waals surface area contributed by atoms with Gasteiger partial charge in [-0.25, -0.2) is 23.7 Å². The minimum atomic E-state index is -0.840. The first-order valence-corrected chi connectivity index (χ1v) is 8.81. The molecule has 4 aromatic rings. The molecule has 136 valence electrons.